The van der Waals surface area contributed by atoms with E-state index in [-0.39, 0.29) is 17.8 Å². The van der Waals surface area contributed by atoms with Gasteiger partial charge in [0.05, 0.1) is 23.5 Å². The van der Waals surface area contributed by atoms with Crippen molar-refractivity contribution in [1.29, 1.82) is 0 Å². The van der Waals surface area contributed by atoms with Crippen molar-refractivity contribution >= 4 is 29.2 Å². The highest BCUT2D eigenvalue weighted by molar-refractivity contribution is 6.05. The minimum atomic E-state index is -0.396. The molecule has 0 unspecified atom stereocenters. The summed E-state index contributed by atoms with van der Waals surface area (Å²) in [4.78, 5) is 19.6. The molecule has 2 fully saturated rings. The number of nitrogens with one attached hydrogen (secondary N) is 1. The van der Waals surface area contributed by atoms with Gasteiger partial charge >= 0.3 is 11.6 Å². The number of nitrogens with zero attached hydrogens (tertiary/aromatic N) is 3. The number of anilines is 3. The molecule has 0 spiro atoms. The summed E-state index contributed by atoms with van der Waals surface area (Å²) in [5.74, 6) is -0.0858. The number of aliphatic imine (C=N–C) groups is 1. The van der Waals surface area contributed by atoms with E-state index in [2.05, 4.69) is 10.3 Å². The quantitative estimate of drug-likeness (QED) is 0.240. The Morgan fingerprint density at radius 2 is 1.91 bits per heavy atom. The summed E-state index contributed by atoms with van der Waals surface area (Å²) in [6.07, 6.45) is 6.82. The molecule has 1 aromatic heterocycles. The molecule has 0 saturated heterocycles. The van der Waals surface area contributed by atoms with E-state index >= 15 is 0 Å². The molecule has 170 valence electrons. The van der Waals surface area contributed by atoms with Gasteiger partial charge in [0.2, 0.25) is 5.69 Å². The number of benzene rings is 1. The lowest BCUT2D eigenvalue weighted by molar-refractivity contribution is -0.910. The van der Waals surface area contributed by atoms with Crippen LogP contribution < -0.4 is 20.7 Å². The normalized spacial score (nSPS) is 21.0. The van der Waals surface area contributed by atoms with Gasteiger partial charge in [-0.05, 0) is 56.7 Å². The van der Waals surface area contributed by atoms with Crippen LogP contribution in [0, 0.1) is 0 Å². The SMILES string of the molecule is CN(C)c1cc(N)c(C=NC2CCC(O)CC2)cc1NC(=O)c1cccc(C2CC2)[n+]1O. The van der Waals surface area contributed by atoms with Crippen molar-refractivity contribution < 1.29 is 19.8 Å². The van der Waals surface area contributed by atoms with E-state index in [0.29, 0.717) is 17.3 Å². The maximum atomic E-state index is 13.0. The second kappa shape index (κ2) is 9.16. The minimum absolute atomic E-state index is 0.169. The first kappa shape index (κ1) is 22.1. The molecule has 0 aliphatic heterocycles. The van der Waals surface area contributed by atoms with Crippen LogP contribution in [0.25, 0.3) is 0 Å². The number of aliphatic hydroxyl groups excluding tert-OH is 1. The molecule has 5 N–H and O–H groups in total. The molecule has 0 bridgehead atoms. The third-order valence-electron chi connectivity index (χ3n) is 6.24. The zero-order valence-electron chi connectivity index (χ0n) is 18.7. The number of carbonyl (C=O) groups excluding carboxylic acids is 1. The minimum Gasteiger partial charge on any atom is -0.398 e. The fourth-order valence-electron chi connectivity index (χ4n) is 4.16. The predicted molar refractivity (Wildman–Crippen MR) is 125 cm³/mol. The number of hydrogen-bond donors (Lipinski definition) is 4. The van der Waals surface area contributed by atoms with Crippen LogP contribution in [0.3, 0.4) is 0 Å². The highest BCUT2D eigenvalue weighted by Gasteiger charge is 2.35. The van der Waals surface area contributed by atoms with E-state index in [1.54, 1.807) is 18.3 Å². The van der Waals surface area contributed by atoms with Gasteiger partial charge in [0.1, 0.15) is 0 Å². The van der Waals surface area contributed by atoms with Gasteiger partial charge in [-0.2, -0.15) is 0 Å². The number of rotatable bonds is 6. The largest absolute Gasteiger partial charge is 0.398 e. The van der Waals surface area contributed by atoms with E-state index in [9.17, 15) is 15.1 Å². The molecule has 8 heteroatoms. The van der Waals surface area contributed by atoms with Crippen molar-refractivity contribution in [3.8, 4) is 0 Å². The van der Waals surface area contributed by atoms with Crippen LogP contribution in [-0.4, -0.2) is 48.7 Å². The van der Waals surface area contributed by atoms with Gasteiger partial charge in [-0.3, -0.25) is 15.0 Å². The van der Waals surface area contributed by atoms with Crippen LogP contribution in [0.15, 0.2) is 35.3 Å². The highest BCUT2D eigenvalue weighted by atomic mass is 16.5. The molecule has 2 aromatic rings. The Bertz CT molecular complexity index is 1020. The number of hydrogen-bond acceptors (Lipinski definition) is 6. The van der Waals surface area contributed by atoms with Crippen molar-refractivity contribution in [1.82, 2.24) is 0 Å². The van der Waals surface area contributed by atoms with Crippen LogP contribution in [-0.2, 0) is 0 Å². The molecule has 0 radical (unpaired) electrons. The maximum absolute atomic E-state index is 13.0. The van der Waals surface area contributed by atoms with Crippen LogP contribution in [0.2, 0.25) is 0 Å². The van der Waals surface area contributed by atoms with Gasteiger partial charge in [-0.25, -0.2) is 0 Å². The molecule has 0 atom stereocenters. The molecule has 2 aliphatic carbocycles. The summed E-state index contributed by atoms with van der Waals surface area (Å²) >= 11 is 0. The van der Waals surface area contributed by atoms with E-state index in [1.165, 1.54) is 0 Å². The standard InChI is InChI=1S/C24H31N5O3/c1-28(2)23-13-19(25)16(14-26-17-8-10-18(30)11-9-17)12-20(23)27-24(31)22-5-3-4-21(29(22)32)15-6-7-15/h3-5,12-15,17-18,25,30-32H,6-11H2,1-2H3/p+1. The van der Waals surface area contributed by atoms with Crippen LogP contribution in [0.5, 0.6) is 0 Å². The van der Waals surface area contributed by atoms with Gasteiger partial charge in [-0.1, -0.05) is 0 Å². The summed E-state index contributed by atoms with van der Waals surface area (Å²) in [7, 11) is 3.76. The Labute approximate surface area is 188 Å². The van der Waals surface area contributed by atoms with Crippen molar-refractivity contribution in [3.63, 3.8) is 0 Å². The van der Waals surface area contributed by atoms with Gasteiger partial charge in [-0.15, -0.1) is 0 Å². The Balaban J connectivity index is 1.59. The molecule has 2 saturated carbocycles. The van der Waals surface area contributed by atoms with Gasteiger partial charge in [0, 0.05) is 54.3 Å². The third kappa shape index (κ3) is 4.85. The van der Waals surface area contributed by atoms with Crippen molar-refractivity contribution in [2.45, 2.75) is 56.6 Å². The number of aliphatic hydroxyl groups is 1. The molecular weight excluding hydrogens is 406 g/mol. The maximum Gasteiger partial charge on any atom is 0.325 e. The monoisotopic (exact) mass is 438 g/mol. The smallest absolute Gasteiger partial charge is 0.325 e. The van der Waals surface area contributed by atoms with Crippen molar-refractivity contribution in [2.24, 2.45) is 4.99 Å². The average Bonchev–Trinajstić information content (AvgIpc) is 3.60. The first-order chi connectivity index (χ1) is 15.3. The Morgan fingerprint density at radius 1 is 1.19 bits per heavy atom. The number of nitrogen functional groups attached to an aromatic ring is 1. The molecule has 4 rings (SSSR count). The summed E-state index contributed by atoms with van der Waals surface area (Å²) in [6.45, 7) is 0. The Hall–Kier alpha value is -3.13. The van der Waals surface area contributed by atoms with Crippen molar-refractivity contribution in [2.75, 3.05) is 30.0 Å². The number of pyridine rings is 1. The number of aromatic nitrogens is 1. The molecule has 1 heterocycles. The lowest BCUT2D eigenvalue weighted by atomic mass is 9.93. The number of nitrogens with two attached hydrogens (primary N) is 1. The van der Waals surface area contributed by atoms with Gasteiger partial charge in [0.15, 0.2) is 0 Å². The molecule has 1 aromatic carbocycles. The first-order valence-electron chi connectivity index (χ1n) is 11.2. The summed E-state index contributed by atoms with van der Waals surface area (Å²) in [5.41, 5.74) is 9.86. The second-order valence-corrected chi connectivity index (χ2v) is 9.01. The zero-order valence-corrected chi connectivity index (χ0v) is 18.7. The first-order valence-corrected chi connectivity index (χ1v) is 11.2. The van der Waals surface area contributed by atoms with Crippen LogP contribution in [0.1, 0.15) is 66.2 Å². The molecule has 1 amide bonds. The Kier molecular flexibility index (Phi) is 6.32. The van der Waals surface area contributed by atoms with Crippen LogP contribution in [0.4, 0.5) is 17.1 Å². The second-order valence-electron chi connectivity index (χ2n) is 9.01. The van der Waals surface area contributed by atoms with E-state index in [4.69, 9.17) is 5.73 Å². The van der Waals surface area contributed by atoms with E-state index in [1.807, 2.05) is 37.2 Å². The summed E-state index contributed by atoms with van der Waals surface area (Å²) < 4.78 is 1.000. The lowest BCUT2D eigenvalue weighted by Crippen LogP contribution is -2.43. The molecular formula is C24H32N5O3+. The van der Waals surface area contributed by atoms with Gasteiger partial charge in [0.25, 0.3) is 0 Å². The zero-order chi connectivity index (χ0) is 22.8. The number of amides is 1. The fraction of sp³-hybridized carbons (Fsp3) is 0.458. The molecule has 2 aliphatic rings. The Morgan fingerprint density at radius 3 is 2.56 bits per heavy atom. The topological polar surface area (TPSA) is 115 Å². The summed E-state index contributed by atoms with van der Waals surface area (Å²) in [5, 5.41) is 23.2. The average molecular weight is 439 g/mol. The third-order valence-corrected chi connectivity index (χ3v) is 6.24. The van der Waals surface area contributed by atoms with Crippen molar-refractivity contribution in [3.05, 3.63) is 47.3 Å². The molecule has 8 nitrogen and oxygen atoms in total. The lowest BCUT2D eigenvalue weighted by Gasteiger charge is -2.22. The van der Waals surface area contributed by atoms with Crippen LogP contribution >= 0.6 is 0 Å². The van der Waals surface area contributed by atoms with E-state index < -0.39 is 5.91 Å². The highest BCUT2D eigenvalue weighted by Crippen LogP contribution is 2.38. The van der Waals surface area contributed by atoms with Gasteiger partial charge < -0.3 is 21.1 Å². The molecule has 32 heavy (non-hydrogen) atoms. The summed E-state index contributed by atoms with van der Waals surface area (Å²) in [6, 6.07) is 9.05. The number of carbonyl (C=O) groups is 1. The predicted octanol–water partition coefficient (Wildman–Crippen LogP) is 2.71. The fourth-order valence-corrected chi connectivity index (χ4v) is 4.16. The van der Waals surface area contributed by atoms with E-state index in [0.717, 1.165) is 60.2 Å².